The number of aliphatic carboxylic acids is 1. The molecule has 8 nitrogen and oxygen atoms in total. The summed E-state index contributed by atoms with van der Waals surface area (Å²) >= 11 is 0. The van der Waals surface area contributed by atoms with Crippen molar-refractivity contribution < 1.29 is 29.4 Å². The molecule has 0 aliphatic carbocycles. The fourth-order valence-corrected chi connectivity index (χ4v) is 2.56. The van der Waals surface area contributed by atoms with E-state index in [0.29, 0.717) is 11.1 Å². The van der Waals surface area contributed by atoms with Crippen molar-refractivity contribution in [2.75, 3.05) is 14.2 Å². The molecule has 0 aliphatic heterocycles. The van der Waals surface area contributed by atoms with Crippen LogP contribution >= 0.6 is 0 Å². The molecular weight excluding hydrogens is 330 g/mol. The van der Waals surface area contributed by atoms with Crippen LogP contribution < -0.4 is 9.47 Å². The van der Waals surface area contributed by atoms with Gasteiger partial charge in [-0.3, -0.25) is 14.9 Å². The first-order valence-corrected chi connectivity index (χ1v) is 7.28. The second-order valence-corrected chi connectivity index (χ2v) is 5.28. The highest BCUT2D eigenvalue weighted by Crippen LogP contribution is 2.37. The van der Waals surface area contributed by atoms with E-state index < -0.39 is 16.8 Å². The van der Waals surface area contributed by atoms with E-state index in [-0.39, 0.29) is 29.4 Å². The molecule has 0 heterocycles. The van der Waals surface area contributed by atoms with Crippen LogP contribution in [0.3, 0.4) is 0 Å². The minimum Gasteiger partial charge on any atom is -0.508 e. The van der Waals surface area contributed by atoms with Crippen molar-refractivity contribution in [1.82, 2.24) is 0 Å². The van der Waals surface area contributed by atoms with Gasteiger partial charge in [0.15, 0.2) is 0 Å². The molecule has 132 valence electrons. The third-order valence-corrected chi connectivity index (χ3v) is 3.77. The highest BCUT2D eigenvalue weighted by atomic mass is 16.6. The quantitative estimate of drug-likeness (QED) is 0.584. The van der Waals surface area contributed by atoms with Crippen LogP contribution in [0, 0.1) is 10.1 Å². The van der Waals surface area contributed by atoms with Crippen LogP contribution in [0.2, 0.25) is 0 Å². The molecule has 0 fully saturated rings. The molecule has 2 aromatic rings. The van der Waals surface area contributed by atoms with Gasteiger partial charge in [-0.15, -0.1) is 0 Å². The van der Waals surface area contributed by atoms with E-state index in [2.05, 4.69) is 0 Å². The summed E-state index contributed by atoms with van der Waals surface area (Å²) in [4.78, 5) is 22.3. The number of hydrogen-bond acceptors (Lipinski definition) is 6. The number of nitro benzene ring substituents is 1. The number of aromatic hydroxyl groups is 1. The highest BCUT2D eigenvalue weighted by Gasteiger charge is 2.26. The van der Waals surface area contributed by atoms with Crippen LogP contribution in [0.25, 0.3) is 0 Å². The van der Waals surface area contributed by atoms with Crippen molar-refractivity contribution in [1.29, 1.82) is 0 Å². The molecule has 1 atom stereocenters. The molecule has 0 bridgehead atoms. The molecular formula is C17H17NO7. The Morgan fingerprint density at radius 3 is 2.40 bits per heavy atom. The largest absolute Gasteiger partial charge is 0.508 e. The van der Waals surface area contributed by atoms with Crippen molar-refractivity contribution in [2.45, 2.75) is 12.3 Å². The number of nitrogens with zero attached hydrogens (tertiary/aromatic N) is 1. The molecule has 25 heavy (non-hydrogen) atoms. The Morgan fingerprint density at radius 1 is 1.20 bits per heavy atom. The van der Waals surface area contributed by atoms with E-state index in [4.69, 9.17) is 9.47 Å². The van der Waals surface area contributed by atoms with E-state index in [1.807, 2.05) is 0 Å². The lowest BCUT2D eigenvalue weighted by molar-refractivity contribution is -0.385. The van der Waals surface area contributed by atoms with E-state index in [9.17, 15) is 25.1 Å². The Labute approximate surface area is 143 Å². The maximum absolute atomic E-state index is 11.7. The van der Waals surface area contributed by atoms with Gasteiger partial charge in [-0.25, -0.2) is 0 Å². The average molecular weight is 347 g/mol. The Morgan fingerprint density at radius 2 is 1.88 bits per heavy atom. The van der Waals surface area contributed by atoms with Crippen molar-refractivity contribution in [3.8, 4) is 17.2 Å². The summed E-state index contributed by atoms with van der Waals surface area (Å²) in [7, 11) is 2.68. The van der Waals surface area contributed by atoms with Crippen molar-refractivity contribution in [3.05, 3.63) is 57.6 Å². The molecule has 2 N–H and O–H groups in total. The maximum Gasteiger partial charge on any atom is 0.311 e. The predicted octanol–water partition coefficient (Wildman–Crippen LogP) is 2.73. The number of hydrogen-bond donors (Lipinski definition) is 2. The zero-order valence-electron chi connectivity index (χ0n) is 13.6. The summed E-state index contributed by atoms with van der Waals surface area (Å²) in [5, 5.41) is 30.3. The topological polar surface area (TPSA) is 119 Å². The number of phenolic OH excluding ortho intramolecular Hbond substituents is 1. The lowest BCUT2D eigenvalue weighted by Crippen LogP contribution is -2.15. The van der Waals surface area contributed by atoms with Crippen molar-refractivity contribution >= 4 is 11.7 Å². The van der Waals surface area contributed by atoms with Crippen molar-refractivity contribution in [2.24, 2.45) is 0 Å². The van der Waals surface area contributed by atoms with Crippen LogP contribution in [0.5, 0.6) is 17.2 Å². The van der Waals surface area contributed by atoms with Crippen molar-refractivity contribution in [3.63, 3.8) is 0 Å². The molecule has 0 amide bonds. The second-order valence-electron chi connectivity index (χ2n) is 5.28. The number of nitro groups is 1. The van der Waals surface area contributed by atoms with Gasteiger partial charge in [0.2, 0.25) is 5.75 Å². The fourth-order valence-electron chi connectivity index (χ4n) is 2.56. The summed E-state index contributed by atoms with van der Waals surface area (Å²) < 4.78 is 10.2. The van der Waals surface area contributed by atoms with Crippen LogP contribution in [0.4, 0.5) is 5.69 Å². The van der Waals surface area contributed by atoms with Gasteiger partial charge in [0.1, 0.15) is 11.5 Å². The minimum absolute atomic E-state index is 0.0230. The lowest BCUT2D eigenvalue weighted by atomic mass is 9.91. The van der Waals surface area contributed by atoms with Crippen LogP contribution in [0.15, 0.2) is 36.4 Å². The van der Waals surface area contributed by atoms with E-state index >= 15 is 0 Å². The number of benzene rings is 2. The predicted molar refractivity (Wildman–Crippen MR) is 88.4 cm³/mol. The second kappa shape index (κ2) is 7.52. The molecule has 0 saturated heterocycles. The number of methoxy groups -OCH3 is 2. The smallest absolute Gasteiger partial charge is 0.311 e. The van der Waals surface area contributed by atoms with Gasteiger partial charge in [-0.1, -0.05) is 12.1 Å². The Kier molecular flexibility index (Phi) is 5.43. The molecule has 0 aromatic heterocycles. The van der Waals surface area contributed by atoms with Gasteiger partial charge in [-0.2, -0.15) is 0 Å². The molecule has 1 unspecified atom stereocenters. The molecule has 2 aromatic carbocycles. The lowest BCUT2D eigenvalue weighted by Gasteiger charge is -2.16. The van der Waals surface area contributed by atoms with Gasteiger partial charge in [-0.05, 0) is 24.1 Å². The zero-order valence-corrected chi connectivity index (χ0v) is 13.6. The SMILES string of the molecule is COc1cc(OC)c([N+](=O)[O-])cc1CC(C(=O)O)c1cccc(O)c1. The molecule has 0 aliphatic rings. The Hall–Kier alpha value is -3.29. The number of carboxylic acids is 1. The number of ether oxygens (including phenoxy) is 2. The first kappa shape index (κ1) is 18.1. The Balaban J connectivity index is 2.50. The van der Waals surface area contributed by atoms with Gasteiger partial charge in [0.25, 0.3) is 0 Å². The fraction of sp³-hybridized carbons (Fsp3) is 0.235. The van der Waals surface area contributed by atoms with Gasteiger partial charge in [0.05, 0.1) is 25.1 Å². The average Bonchev–Trinajstić information content (AvgIpc) is 2.58. The van der Waals surface area contributed by atoms with Gasteiger partial charge < -0.3 is 19.7 Å². The summed E-state index contributed by atoms with van der Waals surface area (Å²) in [6, 6.07) is 8.49. The number of carbonyl (C=O) groups is 1. The molecule has 0 spiro atoms. The minimum atomic E-state index is -1.12. The summed E-state index contributed by atoms with van der Waals surface area (Å²) in [6.07, 6.45) is -0.0488. The Bertz CT molecular complexity index is 804. The highest BCUT2D eigenvalue weighted by molar-refractivity contribution is 5.77. The molecule has 0 saturated carbocycles. The number of rotatable bonds is 7. The summed E-state index contributed by atoms with van der Waals surface area (Å²) in [6.45, 7) is 0. The third-order valence-electron chi connectivity index (χ3n) is 3.77. The van der Waals surface area contributed by atoms with Crippen LogP contribution in [0.1, 0.15) is 17.0 Å². The molecule has 0 radical (unpaired) electrons. The van der Waals surface area contributed by atoms with E-state index in [1.54, 1.807) is 6.07 Å². The maximum atomic E-state index is 11.7. The standard InChI is InChI=1S/C17H17NO7/c1-24-15-9-16(25-2)14(18(22)23)8-11(15)7-13(17(20)21)10-4-3-5-12(19)6-10/h3-6,8-9,13,19H,7H2,1-2H3,(H,20,21). The summed E-state index contributed by atoms with van der Waals surface area (Å²) in [5.41, 5.74) is 0.456. The first-order chi connectivity index (χ1) is 11.9. The van der Waals surface area contributed by atoms with E-state index in [1.165, 1.54) is 44.6 Å². The van der Waals surface area contributed by atoms with E-state index in [0.717, 1.165) is 0 Å². The zero-order chi connectivity index (χ0) is 18.6. The monoisotopic (exact) mass is 347 g/mol. The third kappa shape index (κ3) is 3.97. The van der Waals surface area contributed by atoms with Gasteiger partial charge in [0, 0.05) is 17.7 Å². The van der Waals surface area contributed by atoms with Gasteiger partial charge >= 0.3 is 11.7 Å². The molecule has 2 rings (SSSR count). The normalized spacial score (nSPS) is 11.6. The number of phenols is 1. The van der Waals surface area contributed by atoms with Crippen LogP contribution in [-0.2, 0) is 11.2 Å². The number of carboxylic acid groups (broad SMARTS) is 1. The first-order valence-electron chi connectivity index (χ1n) is 7.28. The summed E-state index contributed by atoms with van der Waals surface area (Å²) in [5.74, 6) is -1.87. The van der Waals surface area contributed by atoms with Crippen LogP contribution in [-0.4, -0.2) is 35.3 Å². The molecule has 8 heteroatoms.